The molecule has 2 bridgehead atoms. The highest BCUT2D eigenvalue weighted by atomic mass is 16.5. The fourth-order valence-electron chi connectivity index (χ4n) is 5.64. The molecule has 5 atom stereocenters. The first-order chi connectivity index (χ1) is 15.1. The summed E-state index contributed by atoms with van der Waals surface area (Å²) in [5.41, 5.74) is 3.38. The molecule has 6 rings (SSSR count). The van der Waals surface area contributed by atoms with Crippen molar-refractivity contribution in [2.24, 2.45) is 11.3 Å². The number of pyridine rings is 1. The van der Waals surface area contributed by atoms with E-state index in [4.69, 9.17) is 4.74 Å². The van der Waals surface area contributed by atoms with E-state index in [2.05, 4.69) is 35.9 Å². The summed E-state index contributed by atoms with van der Waals surface area (Å²) in [5, 5.41) is 12.5. The van der Waals surface area contributed by atoms with Crippen LogP contribution < -0.4 is 4.74 Å². The van der Waals surface area contributed by atoms with Crippen molar-refractivity contribution in [3.63, 3.8) is 0 Å². The summed E-state index contributed by atoms with van der Waals surface area (Å²) in [6.07, 6.45) is 4.83. The third kappa shape index (κ3) is 3.83. The highest BCUT2D eigenvalue weighted by Gasteiger charge is 2.48. The first-order valence-electron chi connectivity index (χ1n) is 11.5. The standard InChI is InChI=1S/C27H32N2O2/c1-3-27(2)18-29-14-12-20(27)15-25(29)26(30)22-11-13-28-24-10-9-21(16-23(22)24)31-17-19-7-5-4-6-8-19/h4-11,13,16,20,25-26,30H,3,12,14-15,17-18H2,1-2H3/t20?,25-,26?,27?/m0/s1. The number of piperidine rings is 3. The van der Waals surface area contributed by atoms with E-state index in [1.54, 1.807) is 0 Å². The third-order valence-corrected chi connectivity index (χ3v) is 7.80. The normalized spacial score (nSPS) is 28.5. The molecule has 4 unspecified atom stereocenters. The fraction of sp³-hybridized carbons (Fsp3) is 0.444. The number of benzene rings is 2. The van der Waals surface area contributed by atoms with Gasteiger partial charge in [0.2, 0.25) is 0 Å². The first kappa shape index (κ1) is 20.5. The Morgan fingerprint density at radius 3 is 2.77 bits per heavy atom. The van der Waals surface area contributed by atoms with E-state index in [1.165, 1.54) is 12.8 Å². The molecule has 3 saturated heterocycles. The van der Waals surface area contributed by atoms with Crippen LogP contribution in [0.3, 0.4) is 0 Å². The van der Waals surface area contributed by atoms with Crippen LogP contribution in [0.4, 0.5) is 0 Å². The Morgan fingerprint density at radius 2 is 2.03 bits per heavy atom. The molecular weight excluding hydrogens is 384 g/mol. The Bertz CT molecular complexity index is 1050. The summed E-state index contributed by atoms with van der Waals surface area (Å²) >= 11 is 0. The van der Waals surface area contributed by atoms with Crippen LogP contribution in [-0.4, -0.2) is 34.1 Å². The van der Waals surface area contributed by atoms with Gasteiger partial charge in [0, 0.05) is 24.2 Å². The highest BCUT2D eigenvalue weighted by molar-refractivity contribution is 5.84. The van der Waals surface area contributed by atoms with Gasteiger partial charge < -0.3 is 9.84 Å². The molecule has 0 radical (unpaired) electrons. The van der Waals surface area contributed by atoms with E-state index in [-0.39, 0.29) is 6.04 Å². The molecule has 0 amide bonds. The second-order valence-electron chi connectivity index (χ2n) is 9.56. The van der Waals surface area contributed by atoms with Crippen LogP contribution >= 0.6 is 0 Å². The zero-order chi connectivity index (χ0) is 21.4. The molecule has 4 nitrogen and oxygen atoms in total. The Morgan fingerprint density at radius 1 is 1.19 bits per heavy atom. The van der Waals surface area contributed by atoms with Gasteiger partial charge in [-0.3, -0.25) is 9.88 Å². The zero-order valence-electron chi connectivity index (χ0n) is 18.5. The Labute approximate surface area is 184 Å². The number of aliphatic hydroxyl groups excluding tert-OH is 1. The number of nitrogens with zero attached hydrogens (tertiary/aromatic N) is 2. The third-order valence-electron chi connectivity index (χ3n) is 7.80. The van der Waals surface area contributed by atoms with Gasteiger partial charge in [-0.15, -0.1) is 0 Å². The maximum atomic E-state index is 11.5. The molecule has 4 heteroatoms. The van der Waals surface area contributed by atoms with E-state index >= 15 is 0 Å². The van der Waals surface area contributed by atoms with Gasteiger partial charge in [-0.1, -0.05) is 44.2 Å². The monoisotopic (exact) mass is 416 g/mol. The predicted molar refractivity (Wildman–Crippen MR) is 124 cm³/mol. The smallest absolute Gasteiger partial charge is 0.120 e. The van der Waals surface area contributed by atoms with Crippen LogP contribution in [0, 0.1) is 11.3 Å². The minimum atomic E-state index is -0.515. The number of hydrogen-bond acceptors (Lipinski definition) is 4. The van der Waals surface area contributed by atoms with Crippen LogP contribution in [0.5, 0.6) is 5.75 Å². The minimum Gasteiger partial charge on any atom is -0.489 e. The number of aromatic nitrogens is 1. The van der Waals surface area contributed by atoms with Crippen LogP contribution in [0.25, 0.3) is 10.9 Å². The average Bonchev–Trinajstić information content (AvgIpc) is 2.82. The summed E-state index contributed by atoms with van der Waals surface area (Å²) in [4.78, 5) is 7.06. The summed E-state index contributed by atoms with van der Waals surface area (Å²) in [5.74, 6) is 1.50. The second kappa shape index (κ2) is 8.25. The van der Waals surface area contributed by atoms with Crippen molar-refractivity contribution in [3.05, 3.63) is 71.9 Å². The van der Waals surface area contributed by atoms with Gasteiger partial charge in [0.15, 0.2) is 0 Å². The van der Waals surface area contributed by atoms with Gasteiger partial charge in [0.1, 0.15) is 12.4 Å². The zero-order valence-corrected chi connectivity index (χ0v) is 18.5. The van der Waals surface area contributed by atoms with Crippen molar-refractivity contribution in [1.29, 1.82) is 0 Å². The molecule has 162 valence electrons. The van der Waals surface area contributed by atoms with Gasteiger partial charge in [0.25, 0.3) is 0 Å². The Kier molecular flexibility index (Phi) is 5.45. The van der Waals surface area contributed by atoms with Crippen LogP contribution in [-0.2, 0) is 6.61 Å². The van der Waals surface area contributed by atoms with Crippen molar-refractivity contribution < 1.29 is 9.84 Å². The van der Waals surface area contributed by atoms with E-state index in [9.17, 15) is 5.11 Å². The van der Waals surface area contributed by atoms with E-state index < -0.39 is 6.10 Å². The molecule has 4 heterocycles. The van der Waals surface area contributed by atoms with Crippen molar-refractivity contribution in [2.75, 3.05) is 13.1 Å². The SMILES string of the molecule is CCC1(C)CN2CCC1C[C@H]2C(O)c1ccnc2ccc(OCc3ccccc3)cc12. The molecule has 0 saturated carbocycles. The van der Waals surface area contributed by atoms with E-state index in [0.717, 1.165) is 47.3 Å². The maximum Gasteiger partial charge on any atom is 0.120 e. The topological polar surface area (TPSA) is 45.6 Å². The molecule has 2 aromatic carbocycles. The highest BCUT2D eigenvalue weighted by Crippen LogP contribution is 2.49. The van der Waals surface area contributed by atoms with E-state index in [1.807, 2.05) is 48.7 Å². The number of fused-ring (bicyclic) bond motifs is 4. The van der Waals surface area contributed by atoms with E-state index in [0.29, 0.717) is 17.9 Å². The lowest BCUT2D eigenvalue weighted by Gasteiger charge is -2.56. The lowest BCUT2D eigenvalue weighted by atomic mass is 9.63. The maximum absolute atomic E-state index is 11.5. The van der Waals surface area contributed by atoms with Gasteiger partial charge in [-0.2, -0.15) is 0 Å². The Balaban J connectivity index is 1.40. The van der Waals surface area contributed by atoms with Crippen molar-refractivity contribution >= 4 is 10.9 Å². The number of rotatable bonds is 6. The summed E-state index contributed by atoms with van der Waals surface area (Å²) in [7, 11) is 0. The van der Waals surface area contributed by atoms with Crippen molar-refractivity contribution in [2.45, 2.75) is 51.9 Å². The molecule has 0 spiro atoms. The predicted octanol–water partition coefficient (Wildman–Crippen LogP) is 5.36. The first-order valence-corrected chi connectivity index (χ1v) is 11.5. The number of aliphatic hydroxyl groups is 1. The molecule has 3 aromatic rings. The number of ether oxygens (including phenoxy) is 1. The lowest BCUT2D eigenvalue weighted by molar-refractivity contribution is -0.0951. The largest absolute Gasteiger partial charge is 0.489 e. The van der Waals surface area contributed by atoms with Gasteiger partial charge in [-0.25, -0.2) is 0 Å². The molecule has 3 fully saturated rings. The minimum absolute atomic E-state index is 0.179. The quantitative estimate of drug-likeness (QED) is 0.588. The molecule has 1 N–H and O–H groups in total. The van der Waals surface area contributed by atoms with Gasteiger partial charge >= 0.3 is 0 Å². The molecular formula is C27H32N2O2. The molecule has 0 aliphatic carbocycles. The molecule has 31 heavy (non-hydrogen) atoms. The lowest BCUT2D eigenvalue weighted by Crippen LogP contribution is -2.59. The van der Waals surface area contributed by atoms with Crippen LogP contribution in [0.15, 0.2) is 60.8 Å². The summed E-state index contributed by atoms with van der Waals surface area (Å²) in [6, 6.07) is 18.3. The van der Waals surface area contributed by atoms with Gasteiger partial charge in [0.05, 0.1) is 11.6 Å². The summed E-state index contributed by atoms with van der Waals surface area (Å²) in [6.45, 7) is 7.43. The van der Waals surface area contributed by atoms with Crippen molar-refractivity contribution in [1.82, 2.24) is 9.88 Å². The summed E-state index contributed by atoms with van der Waals surface area (Å²) < 4.78 is 6.05. The average molecular weight is 417 g/mol. The molecule has 3 aliphatic rings. The van der Waals surface area contributed by atoms with Crippen LogP contribution in [0.2, 0.25) is 0 Å². The fourth-order valence-corrected chi connectivity index (χ4v) is 5.64. The molecule has 3 aliphatic heterocycles. The van der Waals surface area contributed by atoms with Crippen molar-refractivity contribution in [3.8, 4) is 5.75 Å². The van der Waals surface area contributed by atoms with Gasteiger partial charge in [-0.05, 0) is 72.5 Å². The molecule has 1 aromatic heterocycles. The second-order valence-corrected chi connectivity index (χ2v) is 9.56. The van der Waals surface area contributed by atoms with Crippen LogP contribution in [0.1, 0.15) is 50.3 Å². The Hall–Kier alpha value is -2.43. The number of hydrogen-bond donors (Lipinski definition) is 1.